The summed E-state index contributed by atoms with van der Waals surface area (Å²) >= 11 is 0. The van der Waals surface area contributed by atoms with Crippen molar-refractivity contribution in [1.82, 2.24) is 4.90 Å². The summed E-state index contributed by atoms with van der Waals surface area (Å²) in [4.78, 5) is 26.3. The van der Waals surface area contributed by atoms with E-state index in [0.29, 0.717) is 13.0 Å². The lowest BCUT2D eigenvalue weighted by Crippen LogP contribution is -2.46. The topological polar surface area (TPSA) is 115 Å². The molecule has 0 saturated carbocycles. The summed E-state index contributed by atoms with van der Waals surface area (Å²) in [5, 5.41) is 0. The Morgan fingerprint density at radius 3 is 2.30 bits per heavy atom. The van der Waals surface area contributed by atoms with Crippen LogP contribution in [0.2, 0.25) is 0 Å². The van der Waals surface area contributed by atoms with Gasteiger partial charge >= 0.3 is 5.97 Å². The van der Waals surface area contributed by atoms with Gasteiger partial charge in [-0.2, -0.15) is 0 Å². The smallest absolute Gasteiger partial charge is 0.338 e. The third-order valence-electron chi connectivity index (χ3n) is 4.42. The lowest BCUT2D eigenvalue weighted by Gasteiger charge is -2.29. The number of esters is 1. The number of carbonyl (C=O) groups is 2. The molecule has 2 rings (SSSR count). The largest absolute Gasteiger partial charge is 0.449 e. The van der Waals surface area contributed by atoms with Gasteiger partial charge in [-0.25, -0.2) is 21.6 Å². The molecule has 0 radical (unpaired) electrons. The number of carbonyl (C=O) groups excluding carboxylic acids is 2. The minimum absolute atomic E-state index is 0.0439. The number of likely N-dealkylation sites (N-methyl/N-ethyl adjacent to an activating group) is 1. The lowest BCUT2D eigenvalue weighted by molar-refractivity contribution is -0.141. The van der Waals surface area contributed by atoms with E-state index in [1.165, 1.54) is 36.1 Å². The summed E-state index contributed by atoms with van der Waals surface area (Å²) in [5.74, 6) is -1.26. The van der Waals surface area contributed by atoms with Crippen molar-refractivity contribution in [3.8, 4) is 0 Å². The Bertz CT molecular complexity index is 921. The van der Waals surface area contributed by atoms with Crippen molar-refractivity contribution in [2.24, 2.45) is 0 Å². The van der Waals surface area contributed by atoms with Crippen LogP contribution in [-0.4, -0.2) is 70.1 Å². The van der Waals surface area contributed by atoms with Crippen LogP contribution in [0.3, 0.4) is 0 Å². The summed E-state index contributed by atoms with van der Waals surface area (Å²) in [6, 6.07) is 4.80. The highest BCUT2D eigenvalue weighted by Crippen LogP contribution is 2.19. The van der Waals surface area contributed by atoms with E-state index >= 15 is 0 Å². The summed E-state index contributed by atoms with van der Waals surface area (Å²) in [6.45, 7) is 3.47. The second-order valence-corrected chi connectivity index (χ2v) is 10.8. The van der Waals surface area contributed by atoms with Crippen LogP contribution in [0.4, 0.5) is 0 Å². The molecule has 10 heteroatoms. The highest BCUT2D eigenvalue weighted by Gasteiger charge is 2.36. The average molecular weight is 418 g/mol. The number of rotatable bonds is 6. The van der Waals surface area contributed by atoms with Crippen LogP contribution < -0.4 is 0 Å². The predicted molar refractivity (Wildman–Crippen MR) is 98.9 cm³/mol. The van der Waals surface area contributed by atoms with Gasteiger partial charge in [0.2, 0.25) is 0 Å². The molecule has 0 bridgehead atoms. The number of hydrogen-bond acceptors (Lipinski definition) is 7. The molecule has 1 aliphatic heterocycles. The molecule has 0 spiro atoms. The zero-order valence-corrected chi connectivity index (χ0v) is 17.0. The van der Waals surface area contributed by atoms with Crippen LogP contribution in [0.1, 0.15) is 30.6 Å². The van der Waals surface area contributed by atoms with E-state index in [1.54, 1.807) is 6.92 Å². The van der Waals surface area contributed by atoms with E-state index in [1.807, 2.05) is 0 Å². The third kappa shape index (κ3) is 5.29. The Balaban J connectivity index is 2.05. The van der Waals surface area contributed by atoms with Gasteiger partial charge in [0.05, 0.1) is 22.0 Å². The fourth-order valence-electron chi connectivity index (χ4n) is 2.97. The zero-order chi connectivity index (χ0) is 20.4. The Labute approximate surface area is 159 Å². The molecule has 1 amide bonds. The van der Waals surface area contributed by atoms with Gasteiger partial charge in [-0.05, 0) is 44.5 Å². The first kappa shape index (κ1) is 21.4. The maximum absolute atomic E-state index is 12.6. The van der Waals surface area contributed by atoms with Crippen molar-refractivity contribution in [1.29, 1.82) is 0 Å². The molecule has 2 atom stereocenters. The molecule has 1 fully saturated rings. The van der Waals surface area contributed by atoms with Crippen molar-refractivity contribution in [2.45, 2.75) is 37.3 Å². The van der Waals surface area contributed by atoms with Crippen LogP contribution in [0.15, 0.2) is 29.2 Å². The van der Waals surface area contributed by atoms with Crippen molar-refractivity contribution in [3.63, 3.8) is 0 Å². The summed E-state index contributed by atoms with van der Waals surface area (Å²) in [5.41, 5.74) is 0.119. The summed E-state index contributed by atoms with van der Waals surface area (Å²) < 4.78 is 51.4. The molecule has 8 nitrogen and oxygen atoms in total. The van der Waals surface area contributed by atoms with Gasteiger partial charge in [0.15, 0.2) is 25.8 Å². The highest BCUT2D eigenvalue weighted by molar-refractivity contribution is 7.91. The Kier molecular flexibility index (Phi) is 6.31. The minimum Gasteiger partial charge on any atom is -0.449 e. The van der Waals surface area contributed by atoms with E-state index < -0.39 is 43.7 Å². The quantitative estimate of drug-likeness (QED) is 0.625. The van der Waals surface area contributed by atoms with Crippen molar-refractivity contribution < 1.29 is 31.2 Å². The Hall–Kier alpha value is -1.94. The fraction of sp³-hybridized carbons (Fsp3) is 0.529. The number of ether oxygens (including phenoxy) is 1. The van der Waals surface area contributed by atoms with Crippen LogP contribution in [-0.2, 0) is 29.2 Å². The molecule has 0 aromatic heterocycles. The average Bonchev–Trinajstić information content (AvgIpc) is 2.94. The molecule has 1 aromatic carbocycles. The monoisotopic (exact) mass is 417 g/mol. The fourth-order valence-corrected chi connectivity index (χ4v) is 5.33. The van der Waals surface area contributed by atoms with Gasteiger partial charge in [-0.15, -0.1) is 0 Å². The molecule has 1 aliphatic rings. The summed E-state index contributed by atoms with van der Waals surface area (Å²) in [6.07, 6.45) is 0.342. The van der Waals surface area contributed by atoms with Gasteiger partial charge in [-0.3, -0.25) is 4.79 Å². The van der Waals surface area contributed by atoms with Gasteiger partial charge in [0.1, 0.15) is 0 Å². The predicted octanol–water partition coefficient (Wildman–Crippen LogP) is 0.671. The maximum atomic E-state index is 12.6. The zero-order valence-electron chi connectivity index (χ0n) is 15.4. The standard InChI is InChI=1S/C17H23NO7S2/c1-4-18(14-9-10-27(23,24)11-14)16(19)12(2)25-17(20)13-5-7-15(8-6-13)26(3,21)22/h5-8,12,14H,4,9-11H2,1-3H3/t12-,14-/m0/s1. The van der Waals surface area contributed by atoms with Gasteiger partial charge in [0, 0.05) is 18.8 Å². The highest BCUT2D eigenvalue weighted by atomic mass is 32.2. The van der Waals surface area contributed by atoms with Crippen LogP contribution in [0, 0.1) is 0 Å². The molecule has 150 valence electrons. The number of hydrogen-bond donors (Lipinski definition) is 0. The number of nitrogens with zero attached hydrogens (tertiary/aromatic N) is 1. The first-order chi connectivity index (χ1) is 12.4. The molecule has 1 heterocycles. The molecule has 1 aromatic rings. The van der Waals surface area contributed by atoms with Crippen molar-refractivity contribution >= 4 is 31.6 Å². The summed E-state index contributed by atoms with van der Waals surface area (Å²) in [7, 11) is -6.52. The molecular formula is C17H23NO7S2. The lowest BCUT2D eigenvalue weighted by atomic mass is 10.2. The van der Waals surface area contributed by atoms with E-state index in [4.69, 9.17) is 4.74 Å². The molecule has 27 heavy (non-hydrogen) atoms. The van der Waals surface area contributed by atoms with Crippen molar-refractivity contribution in [3.05, 3.63) is 29.8 Å². The second kappa shape index (κ2) is 7.97. The van der Waals surface area contributed by atoms with Crippen LogP contribution in [0.5, 0.6) is 0 Å². The number of sulfone groups is 2. The first-order valence-electron chi connectivity index (χ1n) is 8.46. The number of amides is 1. The second-order valence-electron chi connectivity index (χ2n) is 6.53. The van der Waals surface area contributed by atoms with Gasteiger partial charge < -0.3 is 9.64 Å². The first-order valence-corrected chi connectivity index (χ1v) is 12.2. The maximum Gasteiger partial charge on any atom is 0.338 e. The number of benzene rings is 1. The molecule has 0 aliphatic carbocycles. The van der Waals surface area contributed by atoms with E-state index in [-0.39, 0.29) is 22.0 Å². The third-order valence-corrected chi connectivity index (χ3v) is 7.30. The van der Waals surface area contributed by atoms with E-state index in [9.17, 15) is 26.4 Å². The Morgan fingerprint density at radius 2 is 1.85 bits per heavy atom. The van der Waals surface area contributed by atoms with E-state index in [0.717, 1.165) is 6.26 Å². The Morgan fingerprint density at radius 1 is 1.26 bits per heavy atom. The van der Waals surface area contributed by atoms with Gasteiger partial charge in [-0.1, -0.05) is 0 Å². The van der Waals surface area contributed by atoms with Gasteiger partial charge in [0.25, 0.3) is 5.91 Å². The van der Waals surface area contributed by atoms with E-state index in [2.05, 4.69) is 0 Å². The molecule has 0 N–H and O–H groups in total. The minimum atomic E-state index is -3.38. The molecule has 0 unspecified atom stereocenters. The van der Waals surface area contributed by atoms with Crippen molar-refractivity contribution in [2.75, 3.05) is 24.3 Å². The SMILES string of the molecule is CCN(C(=O)[C@H](C)OC(=O)c1ccc(S(C)(=O)=O)cc1)[C@H]1CCS(=O)(=O)C1. The molecule has 1 saturated heterocycles. The van der Waals surface area contributed by atoms with Crippen LogP contribution >= 0.6 is 0 Å². The molecular weight excluding hydrogens is 394 g/mol. The normalized spacial score (nSPS) is 20.0. The van der Waals surface area contributed by atoms with Crippen LogP contribution in [0.25, 0.3) is 0 Å².